The van der Waals surface area contributed by atoms with E-state index in [0.29, 0.717) is 10.0 Å². The van der Waals surface area contributed by atoms with Gasteiger partial charge in [-0.2, -0.15) is 10.2 Å². The molecule has 34 heavy (non-hydrogen) atoms. The first-order valence-electron chi connectivity index (χ1n) is 10.9. The van der Waals surface area contributed by atoms with Crippen molar-refractivity contribution in [2.75, 3.05) is 0 Å². The van der Waals surface area contributed by atoms with Crippen molar-refractivity contribution in [3.05, 3.63) is 70.0 Å². The van der Waals surface area contributed by atoms with E-state index in [1.54, 1.807) is 0 Å². The van der Waals surface area contributed by atoms with E-state index in [9.17, 15) is 0 Å². The van der Waals surface area contributed by atoms with E-state index < -0.39 is 0 Å². The lowest BCUT2D eigenvalue weighted by Gasteiger charge is -2.14. The van der Waals surface area contributed by atoms with Crippen molar-refractivity contribution in [2.45, 2.75) is 13.8 Å². The maximum absolute atomic E-state index is 6.25. The summed E-state index contributed by atoms with van der Waals surface area (Å²) in [5, 5.41) is 13.8. The average molecular weight is 487 g/mol. The second-order valence-corrected chi connectivity index (χ2v) is 9.37. The van der Waals surface area contributed by atoms with Gasteiger partial charge in [0.15, 0.2) is 11.3 Å². The monoisotopic (exact) mass is 486 g/mol. The first-order valence-corrected chi connectivity index (χ1v) is 11.6. The number of hydrogen-bond donors (Lipinski definition) is 0. The fourth-order valence-corrected chi connectivity index (χ4v) is 5.08. The van der Waals surface area contributed by atoms with Gasteiger partial charge in [0.1, 0.15) is 5.52 Å². The summed E-state index contributed by atoms with van der Waals surface area (Å²) in [6.07, 6.45) is 0. The van der Waals surface area contributed by atoms with Gasteiger partial charge in [0.2, 0.25) is 0 Å². The minimum Gasteiger partial charge on any atom is -0.250 e. The van der Waals surface area contributed by atoms with Gasteiger partial charge in [-0.15, -0.1) is 0 Å². The Bertz CT molecular complexity index is 1740. The molecule has 0 atom stereocenters. The van der Waals surface area contributed by atoms with Crippen LogP contribution in [-0.2, 0) is 14.1 Å². The van der Waals surface area contributed by atoms with Crippen molar-refractivity contribution in [3.63, 3.8) is 0 Å². The summed E-state index contributed by atoms with van der Waals surface area (Å²) in [4.78, 5) is 10.2. The van der Waals surface area contributed by atoms with Crippen molar-refractivity contribution in [2.24, 2.45) is 14.1 Å². The molecule has 0 aliphatic carbocycles. The maximum atomic E-state index is 6.25. The Morgan fingerprint density at radius 2 is 1.12 bits per heavy atom. The lowest BCUT2D eigenvalue weighted by atomic mass is 9.93. The molecule has 6 nitrogen and oxygen atoms in total. The van der Waals surface area contributed by atoms with Crippen molar-refractivity contribution in [1.82, 2.24) is 29.5 Å². The van der Waals surface area contributed by atoms with E-state index in [1.165, 1.54) is 0 Å². The van der Waals surface area contributed by atoms with Gasteiger partial charge < -0.3 is 0 Å². The Balaban J connectivity index is 1.92. The van der Waals surface area contributed by atoms with Crippen LogP contribution >= 0.6 is 23.2 Å². The smallest absolute Gasteiger partial charge is 0.159 e. The van der Waals surface area contributed by atoms with Crippen molar-refractivity contribution in [1.29, 1.82) is 0 Å². The van der Waals surface area contributed by atoms with Gasteiger partial charge in [0.25, 0.3) is 0 Å². The number of aromatic nitrogens is 6. The lowest BCUT2D eigenvalue weighted by molar-refractivity contribution is 0.773. The SMILES string of the molecule is Cc1nn(C)c2nc3c(-c4ccc(Cl)cc4)nc4c(c(C)nn4C)c3c(-c3ccc(Cl)cc3)c12. The Kier molecular flexibility index (Phi) is 4.66. The zero-order chi connectivity index (χ0) is 23.7. The average Bonchev–Trinajstić information content (AvgIpc) is 3.27. The molecule has 0 N–H and O–H groups in total. The topological polar surface area (TPSA) is 61.4 Å². The van der Waals surface area contributed by atoms with Crippen LogP contribution in [0.15, 0.2) is 48.5 Å². The predicted octanol–water partition coefficient (Wildman–Crippen LogP) is 6.66. The standard InChI is InChI=1S/C26H20Cl2N6/c1-13-19-21(15-5-9-17(27)10-6-15)22-20-14(2)32-34(4)26(20)29-23(16-7-11-18(28)12-8-16)24(22)30-25(19)33(3)31-13/h5-12H,1-4H3. The molecule has 0 fully saturated rings. The van der Waals surface area contributed by atoms with E-state index in [2.05, 4.69) is 0 Å². The summed E-state index contributed by atoms with van der Waals surface area (Å²) in [6.45, 7) is 4.03. The summed E-state index contributed by atoms with van der Waals surface area (Å²) in [5.74, 6) is 0. The van der Waals surface area contributed by atoms with E-state index in [4.69, 9.17) is 43.4 Å². The lowest BCUT2D eigenvalue weighted by Crippen LogP contribution is -1.99. The molecule has 0 aliphatic rings. The Hall–Kier alpha value is -3.48. The maximum Gasteiger partial charge on any atom is 0.159 e. The molecule has 6 rings (SSSR count). The van der Waals surface area contributed by atoms with Crippen LogP contribution in [-0.4, -0.2) is 29.5 Å². The van der Waals surface area contributed by atoms with Crippen LogP contribution < -0.4 is 0 Å². The third-order valence-electron chi connectivity index (χ3n) is 6.28. The molecule has 0 saturated carbocycles. The van der Waals surface area contributed by atoms with Crippen LogP contribution in [0.25, 0.3) is 55.4 Å². The van der Waals surface area contributed by atoms with Crippen molar-refractivity contribution in [3.8, 4) is 22.4 Å². The van der Waals surface area contributed by atoms with E-state index in [1.807, 2.05) is 85.8 Å². The second-order valence-electron chi connectivity index (χ2n) is 8.50. The highest BCUT2D eigenvalue weighted by molar-refractivity contribution is 6.31. The van der Waals surface area contributed by atoms with Crippen LogP contribution in [0.5, 0.6) is 0 Å². The zero-order valence-electron chi connectivity index (χ0n) is 19.1. The van der Waals surface area contributed by atoms with Gasteiger partial charge in [-0.05, 0) is 43.7 Å². The van der Waals surface area contributed by atoms with Gasteiger partial charge in [0.05, 0.1) is 27.9 Å². The Morgan fingerprint density at radius 1 is 0.618 bits per heavy atom. The number of halogens is 2. The molecule has 0 unspecified atom stereocenters. The number of rotatable bonds is 2. The highest BCUT2D eigenvalue weighted by atomic mass is 35.5. The Labute approximate surface area is 205 Å². The minimum atomic E-state index is 0.671. The molecule has 0 aliphatic heterocycles. The summed E-state index contributed by atoms with van der Waals surface area (Å²) >= 11 is 12.4. The number of nitrogens with zero attached hydrogens (tertiary/aromatic N) is 6. The van der Waals surface area contributed by atoms with Crippen LogP contribution in [0.4, 0.5) is 0 Å². The first kappa shape index (κ1) is 21.1. The van der Waals surface area contributed by atoms with Crippen LogP contribution in [0.2, 0.25) is 10.0 Å². The molecule has 0 saturated heterocycles. The normalized spacial score (nSPS) is 11.8. The third kappa shape index (κ3) is 3.02. The van der Waals surface area contributed by atoms with E-state index >= 15 is 0 Å². The van der Waals surface area contributed by atoms with Gasteiger partial charge in [-0.25, -0.2) is 9.97 Å². The van der Waals surface area contributed by atoms with Crippen LogP contribution in [0, 0.1) is 13.8 Å². The zero-order valence-corrected chi connectivity index (χ0v) is 20.6. The predicted molar refractivity (Wildman–Crippen MR) is 138 cm³/mol. The van der Waals surface area contributed by atoms with Gasteiger partial charge in [0, 0.05) is 40.7 Å². The molecule has 0 amide bonds. The third-order valence-corrected chi connectivity index (χ3v) is 6.78. The summed E-state index contributed by atoms with van der Waals surface area (Å²) in [6, 6.07) is 15.6. The highest BCUT2D eigenvalue weighted by Crippen LogP contribution is 2.43. The second kappa shape index (κ2) is 7.52. The van der Waals surface area contributed by atoms with Crippen LogP contribution in [0.3, 0.4) is 0 Å². The van der Waals surface area contributed by atoms with Gasteiger partial charge >= 0.3 is 0 Å². The Morgan fingerprint density at radius 3 is 1.71 bits per heavy atom. The molecule has 4 aromatic heterocycles. The van der Waals surface area contributed by atoms with Crippen molar-refractivity contribution >= 4 is 56.2 Å². The number of hydrogen-bond acceptors (Lipinski definition) is 4. The molecule has 0 spiro atoms. The molecular weight excluding hydrogens is 467 g/mol. The summed E-state index contributed by atoms with van der Waals surface area (Å²) < 4.78 is 3.66. The molecule has 0 radical (unpaired) electrons. The molecule has 6 aromatic rings. The fourth-order valence-electron chi connectivity index (χ4n) is 4.83. The molecule has 2 aromatic carbocycles. The molecule has 0 bridgehead atoms. The number of pyridine rings is 2. The number of benzene rings is 2. The number of fused-ring (bicyclic) bond motifs is 4. The van der Waals surface area contributed by atoms with Crippen LogP contribution in [0.1, 0.15) is 11.4 Å². The first-order chi connectivity index (χ1) is 16.3. The van der Waals surface area contributed by atoms with Gasteiger partial charge in [-0.3, -0.25) is 9.36 Å². The quantitative estimate of drug-likeness (QED) is 0.274. The summed E-state index contributed by atoms with van der Waals surface area (Å²) in [7, 11) is 3.84. The van der Waals surface area contributed by atoms with E-state index in [-0.39, 0.29) is 0 Å². The highest BCUT2D eigenvalue weighted by Gasteiger charge is 2.24. The minimum absolute atomic E-state index is 0.671. The van der Waals surface area contributed by atoms with Crippen molar-refractivity contribution < 1.29 is 0 Å². The number of aryl methyl sites for hydroxylation is 4. The summed E-state index contributed by atoms with van der Waals surface area (Å²) in [5.41, 5.74) is 8.01. The largest absolute Gasteiger partial charge is 0.250 e. The van der Waals surface area contributed by atoms with E-state index in [0.717, 1.165) is 66.7 Å². The molecular formula is C26H20Cl2N6. The molecule has 8 heteroatoms. The molecule has 168 valence electrons. The van der Waals surface area contributed by atoms with Gasteiger partial charge in [-0.1, -0.05) is 47.5 Å². The fraction of sp³-hybridized carbons (Fsp3) is 0.154. The molecule has 4 heterocycles.